The third-order valence-electron chi connectivity index (χ3n) is 5.03. The van der Waals surface area contributed by atoms with Crippen molar-refractivity contribution in [1.29, 1.82) is 0 Å². The van der Waals surface area contributed by atoms with E-state index in [1.54, 1.807) is 6.92 Å². The van der Waals surface area contributed by atoms with Crippen molar-refractivity contribution in [3.8, 4) is 0 Å². The van der Waals surface area contributed by atoms with Crippen LogP contribution in [0.15, 0.2) is 24.3 Å². The fourth-order valence-corrected chi connectivity index (χ4v) is 3.92. The Kier molecular flexibility index (Phi) is 2.86. The maximum absolute atomic E-state index is 12.0. The van der Waals surface area contributed by atoms with Crippen LogP contribution in [0.3, 0.4) is 0 Å². The number of carboxylic acids is 1. The maximum Gasteiger partial charge on any atom is 0.520 e. The van der Waals surface area contributed by atoms with Crippen molar-refractivity contribution in [2.24, 2.45) is 0 Å². The zero-order valence-corrected chi connectivity index (χ0v) is 12.0. The highest BCUT2D eigenvalue weighted by molar-refractivity contribution is 5.87. The Balaban J connectivity index is 2.18. The molecular formula is C15H19N2O4+. The number of amides is 1. The molecule has 0 aromatic heterocycles. The summed E-state index contributed by atoms with van der Waals surface area (Å²) in [5.41, 5.74) is 0.628. The van der Waals surface area contributed by atoms with Crippen LogP contribution >= 0.6 is 0 Å². The number of fused-ring (bicyclic) bond motifs is 3. The summed E-state index contributed by atoms with van der Waals surface area (Å²) in [5.74, 6) is -1.03. The molecule has 0 bridgehead atoms. The fraction of sp³-hybridized carbons (Fsp3) is 0.467. The third-order valence-corrected chi connectivity index (χ3v) is 5.03. The van der Waals surface area contributed by atoms with Crippen LogP contribution in [0.25, 0.3) is 0 Å². The van der Waals surface area contributed by atoms with Gasteiger partial charge in [0.15, 0.2) is 6.17 Å². The highest BCUT2D eigenvalue weighted by atomic mass is 16.4. The quantitative estimate of drug-likeness (QED) is 0.725. The number of aliphatic carboxylic acids is 1. The van der Waals surface area contributed by atoms with Crippen molar-refractivity contribution in [3.63, 3.8) is 0 Å². The number of likely N-dealkylation sites (N-methyl/N-ethyl adjacent to an activating group) is 1. The minimum Gasteiger partial charge on any atom is -0.480 e. The van der Waals surface area contributed by atoms with Gasteiger partial charge in [0.2, 0.25) is 0 Å². The summed E-state index contributed by atoms with van der Waals surface area (Å²) in [6.07, 6.45) is -0.984. The second-order valence-corrected chi connectivity index (χ2v) is 6.06. The first-order valence-corrected chi connectivity index (χ1v) is 7.08. The molecule has 112 valence electrons. The van der Waals surface area contributed by atoms with Crippen molar-refractivity contribution < 1.29 is 19.8 Å². The van der Waals surface area contributed by atoms with Gasteiger partial charge in [-0.2, -0.15) is 9.28 Å². The van der Waals surface area contributed by atoms with E-state index in [4.69, 9.17) is 0 Å². The molecule has 2 aliphatic rings. The predicted octanol–water partition coefficient (Wildman–Crippen LogP) is 1.95. The molecule has 0 saturated carbocycles. The van der Waals surface area contributed by atoms with Gasteiger partial charge in [0.1, 0.15) is 11.2 Å². The minimum atomic E-state index is -1.09. The smallest absolute Gasteiger partial charge is 0.480 e. The van der Waals surface area contributed by atoms with E-state index in [2.05, 4.69) is 5.32 Å². The number of carbonyl (C=O) groups is 2. The van der Waals surface area contributed by atoms with Crippen LogP contribution in [0.5, 0.6) is 0 Å². The molecule has 3 N–H and O–H groups in total. The normalized spacial score (nSPS) is 37.0. The number of benzene rings is 1. The van der Waals surface area contributed by atoms with Crippen molar-refractivity contribution in [3.05, 3.63) is 29.8 Å². The summed E-state index contributed by atoms with van der Waals surface area (Å²) < 4.78 is -0.246. The maximum atomic E-state index is 12.0. The molecule has 2 heterocycles. The second-order valence-electron chi connectivity index (χ2n) is 6.06. The number of hydrogen-bond donors (Lipinski definition) is 3. The van der Waals surface area contributed by atoms with Crippen molar-refractivity contribution in [1.82, 2.24) is 9.80 Å². The average molecular weight is 291 g/mol. The number of nitrogens with one attached hydrogen (secondary N) is 1. The molecule has 2 aliphatic heterocycles. The minimum absolute atomic E-state index is 0.0988. The summed E-state index contributed by atoms with van der Waals surface area (Å²) in [5, 5.41) is 22.4. The summed E-state index contributed by atoms with van der Waals surface area (Å²) in [7, 11) is 0. The van der Waals surface area contributed by atoms with Crippen LogP contribution in [0, 0.1) is 0 Å². The SMILES string of the molecule is CC[N+]1(C(=O)O)c2ccccc2[C@H]2C[C@@](C)(C(=O)O)N[C@H]21. The first kappa shape index (κ1) is 14.0. The monoisotopic (exact) mass is 291 g/mol. The molecule has 21 heavy (non-hydrogen) atoms. The molecule has 1 amide bonds. The summed E-state index contributed by atoms with van der Waals surface area (Å²) in [4.78, 5) is 23.5. The van der Waals surface area contributed by atoms with Crippen molar-refractivity contribution in [2.45, 2.75) is 37.9 Å². The molecule has 3 rings (SSSR count). The molecule has 6 nitrogen and oxygen atoms in total. The lowest BCUT2D eigenvalue weighted by Gasteiger charge is -2.34. The summed E-state index contributed by atoms with van der Waals surface area (Å²) in [6.45, 7) is 3.82. The molecule has 0 radical (unpaired) electrons. The molecule has 1 aromatic carbocycles. The molecule has 4 atom stereocenters. The van der Waals surface area contributed by atoms with E-state index in [0.29, 0.717) is 13.0 Å². The van der Waals surface area contributed by atoms with Crippen LogP contribution < -0.4 is 9.80 Å². The molecule has 6 heteroatoms. The summed E-state index contributed by atoms with van der Waals surface area (Å²) >= 11 is 0. The number of rotatable bonds is 2. The van der Waals surface area contributed by atoms with E-state index >= 15 is 0 Å². The van der Waals surface area contributed by atoms with Crippen molar-refractivity contribution in [2.75, 3.05) is 6.54 Å². The Labute approximate surface area is 122 Å². The van der Waals surface area contributed by atoms with Gasteiger partial charge in [-0.25, -0.2) is 0 Å². The van der Waals surface area contributed by atoms with Crippen LogP contribution in [0.1, 0.15) is 31.7 Å². The standard InChI is InChI=1S/C15H18N2O4/c1-3-17(14(20)21)11-7-5-4-6-9(11)10-8-15(2,13(18)19)16-12(10)17/h4-7,10,12,16H,3,8H2,1-2H3,(H-,18,19,20,21)/p+1/t10-,12+,15+,17?/m1/s1. The first-order valence-electron chi connectivity index (χ1n) is 7.08. The van der Waals surface area contributed by atoms with Gasteiger partial charge in [0.25, 0.3) is 0 Å². The lowest BCUT2D eigenvalue weighted by Crippen LogP contribution is -2.65. The fourth-order valence-electron chi connectivity index (χ4n) is 3.92. The molecule has 1 aromatic rings. The number of nitrogens with zero attached hydrogens (tertiary/aromatic N) is 1. The van der Waals surface area contributed by atoms with E-state index in [1.165, 1.54) is 0 Å². The lowest BCUT2D eigenvalue weighted by atomic mass is 9.90. The number of hydrogen-bond acceptors (Lipinski definition) is 3. The predicted molar refractivity (Wildman–Crippen MR) is 77.1 cm³/mol. The first-order chi connectivity index (χ1) is 9.86. The summed E-state index contributed by atoms with van der Waals surface area (Å²) in [6, 6.07) is 7.47. The number of quaternary nitrogens is 1. The van der Waals surface area contributed by atoms with Gasteiger partial charge in [-0.05, 0) is 20.3 Å². The number of para-hydroxylation sites is 1. The second kappa shape index (κ2) is 4.29. The molecule has 0 aliphatic carbocycles. The van der Waals surface area contributed by atoms with E-state index in [0.717, 1.165) is 11.3 Å². The van der Waals surface area contributed by atoms with Gasteiger partial charge in [0, 0.05) is 11.6 Å². The molecular weight excluding hydrogens is 272 g/mol. The molecule has 1 unspecified atom stereocenters. The van der Waals surface area contributed by atoms with Gasteiger partial charge in [-0.3, -0.25) is 10.1 Å². The van der Waals surface area contributed by atoms with E-state index in [9.17, 15) is 19.8 Å². The zero-order valence-electron chi connectivity index (χ0n) is 12.0. The van der Waals surface area contributed by atoms with E-state index in [1.807, 2.05) is 31.2 Å². The molecule has 1 saturated heterocycles. The highest BCUT2D eigenvalue weighted by Gasteiger charge is 2.64. The Morgan fingerprint density at radius 3 is 2.62 bits per heavy atom. The van der Waals surface area contributed by atoms with Gasteiger partial charge < -0.3 is 10.2 Å². The van der Waals surface area contributed by atoms with Crippen LogP contribution in [-0.4, -0.2) is 40.5 Å². The van der Waals surface area contributed by atoms with Crippen molar-refractivity contribution >= 4 is 17.7 Å². The van der Waals surface area contributed by atoms with Crippen LogP contribution in [0.2, 0.25) is 0 Å². The molecule has 0 spiro atoms. The zero-order chi connectivity index (χ0) is 15.4. The van der Waals surface area contributed by atoms with E-state index in [-0.39, 0.29) is 10.4 Å². The highest BCUT2D eigenvalue weighted by Crippen LogP contribution is 2.52. The van der Waals surface area contributed by atoms with E-state index < -0.39 is 23.8 Å². The largest absolute Gasteiger partial charge is 0.520 e. The van der Waals surface area contributed by atoms with Gasteiger partial charge in [-0.15, -0.1) is 0 Å². The Hall–Kier alpha value is -1.92. The number of carboxylic acid groups (broad SMARTS) is 2. The van der Waals surface area contributed by atoms with Crippen LogP contribution in [-0.2, 0) is 4.79 Å². The van der Waals surface area contributed by atoms with Crippen LogP contribution in [0.4, 0.5) is 10.5 Å². The Morgan fingerprint density at radius 2 is 2.05 bits per heavy atom. The van der Waals surface area contributed by atoms with Gasteiger partial charge in [0.05, 0.1) is 12.5 Å². The Bertz CT molecular complexity index is 632. The third kappa shape index (κ3) is 1.60. The Morgan fingerprint density at radius 1 is 1.38 bits per heavy atom. The lowest BCUT2D eigenvalue weighted by molar-refractivity contribution is -0.143. The molecule has 1 fully saturated rings. The average Bonchev–Trinajstić information content (AvgIpc) is 2.91. The van der Waals surface area contributed by atoms with Gasteiger partial charge in [-0.1, -0.05) is 18.2 Å². The van der Waals surface area contributed by atoms with Gasteiger partial charge >= 0.3 is 12.1 Å². The topological polar surface area (TPSA) is 86.6 Å².